The summed E-state index contributed by atoms with van der Waals surface area (Å²) in [6.45, 7) is 4.43. The molecule has 0 aliphatic heterocycles. The molecule has 0 unspecified atom stereocenters. The van der Waals surface area contributed by atoms with Crippen LogP contribution in [-0.2, 0) is 6.54 Å². The maximum Gasteiger partial charge on any atom is 0.138 e. The summed E-state index contributed by atoms with van der Waals surface area (Å²) >= 11 is 0. The molecule has 0 bridgehead atoms. The van der Waals surface area contributed by atoms with Crippen molar-refractivity contribution in [1.82, 2.24) is 15.1 Å². The molecule has 2 aromatic heterocycles. The molecule has 0 spiro atoms. The molecule has 1 aromatic carbocycles. The summed E-state index contributed by atoms with van der Waals surface area (Å²) in [7, 11) is 0. The van der Waals surface area contributed by atoms with Gasteiger partial charge in [-0.3, -0.25) is 0 Å². The number of nitrogen functional groups attached to an aromatic ring is 1. The molecule has 2 heterocycles. The van der Waals surface area contributed by atoms with Crippen LogP contribution in [0.1, 0.15) is 17.0 Å². The van der Waals surface area contributed by atoms with Gasteiger partial charge in [-0.15, -0.1) is 0 Å². The number of aryl methyl sites for hydroxylation is 2. The van der Waals surface area contributed by atoms with Gasteiger partial charge in [-0.1, -0.05) is 5.16 Å². The second-order valence-electron chi connectivity index (χ2n) is 4.66. The Hall–Kier alpha value is -2.63. The molecule has 0 fully saturated rings. The second kappa shape index (κ2) is 4.80. The minimum Gasteiger partial charge on any atom is -0.399 e. The average molecular weight is 269 g/mol. The predicted molar refractivity (Wildman–Crippen MR) is 77.3 cm³/mol. The summed E-state index contributed by atoms with van der Waals surface area (Å²) < 4.78 is 5.15. The zero-order chi connectivity index (χ0) is 14.1. The number of hydrogen-bond donors (Lipinski definition) is 2. The van der Waals surface area contributed by atoms with E-state index in [9.17, 15) is 0 Å². The van der Waals surface area contributed by atoms with E-state index in [0.29, 0.717) is 12.2 Å². The van der Waals surface area contributed by atoms with E-state index in [1.54, 1.807) is 0 Å². The van der Waals surface area contributed by atoms with Crippen molar-refractivity contribution in [2.75, 3.05) is 11.1 Å². The molecular formula is C14H15N5O. The van der Waals surface area contributed by atoms with Gasteiger partial charge in [0, 0.05) is 23.2 Å². The molecule has 6 heteroatoms. The van der Waals surface area contributed by atoms with Gasteiger partial charge >= 0.3 is 0 Å². The first-order chi connectivity index (χ1) is 9.65. The van der Waals surface area contributed by atoms with Crippen molar-refractivity contribution in [2.24, 2.45) is 0 Å². The number of aromatic nitrogens is 3. The average Bonchev–Trinajstić information content (AvgIpc) is 2.75. The lowest BCUT2D eigenvalue weighted by atomic mass is 10.2. The van der Waals surface area contributed by atoms with E-state index in [1.807, 2.05) is 32.0 Å². The van der Waals surface area contributed by atoms with Gasteiger partial charge in [0.05, 0.1) is 11.2 Å². The molecule has 3 aromatic rings. The molecule has 0 atom stereocenters. The lowest BCUT2D eigenvalue weighted by Crippen LogP contribution is -2.04. The number of nitrogens with zero attached hydrogens (tertiary/aromatic N) is 3. The summed E-state index contributed by atoms with van der Waals surface area (Å²) in [4.78, 5) is 8.50. The van der Waals surface area contributed by atoms with E-state index in [1.165, 1.54) is 6.33 Å². The lowest BCUT2D eigenvalue weighted by Gasteiger charge is -2.08. The molecule has 0 radical (unpaired) electrons. The SMILES string of the molecule is Cc1noc(C)c1CNc1ncnc2cc(N)ccc12. The Kier molecular flexibility index (Phi) is 2.98. The third kappa shape index (κ3) is 2.16. The van der Waals surface area contributed by atoms with Gasteiger partial charge in [0.25, 0.3) is 0 Å². The standard InChI is InChI=1S/C14H15N5O/c1-8-12(9(2)20-19-8)6-16-14-11-4-3-10(15)5-13(11)17-7-18-14/h3-5,7H,6,15H2,1-2H3,(H,16,17,18). The van der Waals surface area contributed by atoms with Crippen molar-refractivity contribution in [3.63, 3.8) is 0 Å². The Labute approximate surface area is 116 Å². The second-order valence-corrected chi connectivity index (χ2v) is 4.66. The van der Waals surface area contributed by atoms with Gasteiger partial charge < -0.3 is 15.6 Å². The molecule has 0 aliphatic rings. The van der Waals surface area contributed by atoms with Gasteiger partial charge in [0.2, 0.25) is 0 Å². The van der Waals surface area contributed by atoms with Crippen molar-refractivity contribution in [3.05, 3.63) is 41.5 Å². The summed E-state index contributed by atoms with van der Waals surface area (Å²) in [6, 6.07) is 5.59. The Bertz CT molecular complexity index is 746. The van der Waals surface area contributed by atoms with Gasteiger partial charge in [-0.2, -0.15) is 0 Å². The zero-order valence-electron chi connectivity index (χ0n) is 11.3. The van der Waals surface area contributed by atoms with Crippen molar-refractivity contribution >= 4 is 22.4 Å². The largest absolute Gasteiger partial charge is 0.399 e. The number of nitrogens with two attached hydrogens (primary N) is 1. The van der Waals surface area contributed by atoms with Crippen LogP contribution in [0.2, 0.25) is 0 Å². The zero-order valence-corrected chi connectivity index (χ0v) is 11.3. The highest BCUT2D eigenvalue weighted by Gasteiger charge is 2.10. The third-order valence-electron chi connectivity index (χ3n) is 3.27. The van der Waals surface area contributed by atoms with Crippen LogP contribution >= 0.6 is 0 Å². The first-order valence-electron chi connectivity index (χ1n) is 6.31. The molecule has 3 rings (SSSR count). The monoisotopic (exact) mass is 269 g/mol. The van der Waals surface area contributed by atoms with Gasteiger partial charge in [-0.05, 0) is 32.0 Å². The van der Waals surface area contributed by atoms with Crippen LogP contribution in [0.3, 0.4) is 0 Å². The summed E-state index contributed by atoms with van der Waals surface area (Å²) in [5, 5.41) is 8.18. The van der Waals surface area contributed by atoms with E-state index in [2.05, 4.69) is 20.4 Å². The van der Waals surface area contributed by atoms with Gasteiger partial charge in [-0.25, -0.2) is 9.97 Å². The summed E-state index contributed by atoms with van der Waals surface area (Å²) in [5.74, 6) is 1.59. The fourth-order valence-corrected chi connectivity index (χ4v) is 2.14. The fourth-order valence-electron chi connectivity index (χ4n) is 2.14. The molecule has 0 aliphatic carbocycles. The summed E-state index contributed by atoms with van der Waals surface area (Å²) in [5.41, 5.74) is 9.21. The van der Waals surface area contributed by atoms with Crippen molar-refractivity contribution in [2.45, 2.75) is 20.4 Å². The first kappa shape index (κ1) is 12.4. The van der Waals surface area contributed by atoms with Crippen molar-refractivity contribution in [3.8, 4) is 0 Å². The molecule has 102 valence electrons. The van der Waals surface area contributed by atoms with Crippen LogP contribution < -0.4 is 11.1 Å². The Balaban J connectivity index is 1.92. The fraction of sp³-hybridized carbons (Fsp3) is 0.214. The number of anilines is 2. The van der Waals surface area contributed by atoms with Crippen molar-refractivity contribution < 1.29 is 4.52 Å². The molecule has 6 nitrogen and oxygen atoms in total. The molecular weight excluding hydrogens is 254 g/mol. The van der Waals surface area contributed by atoms with E-state index >= 15 is 0 Å². The van der Waals surface area contributed by atoms with Crippen LogP contribution in [0.5, 0.6) is 0 Å². The Morgan fingerprint density at radius 1 is 1.25 bits per heavy atom. The summed E-state index contributed by atoms with van der Waals surface area (Å²) in [6.07, 6.45) is 1.53. The quantitative estimate of drug-likeness (QED) is 0.710. The van der Waals surface area contributed by atoms with E-state index in [4.69, 9.17) is 10.3 Å². The maximum absolute atomic E-state index is 5.76. The Morgan fingerprint density at radius 2 is 2.10 bits per heavy atom. The minimum atomic E-state index is 0.609. The number of benzene rings is 1. The van der Waals surface area contributed by atoms with E-state index in [0.717, 1.165) is 33.7 Å². The van der Waals surface area contributed by atoms with Crippen LogP contribution in [0, 0.1) is 13.8 Å². The topological polar surface area (TPSA) is 89.9 Å². The Morgan fingerprint density at radius 3 is 2.85 bits per heavy atom. The van der Waals surface area contributed by atoms with E-state index < -0.39 is 0 Å². The molecule has 3 N–H and O–H groups in total. The van der Waals surface area contributed by atoms with E-state index in [-0.39, 0.29) is 0 Å². The lowest BCUT2D eigenvalue weighted by molar-refractivity contribution is 0.392. The van der Waals surface area contributed by atoms with Gasteiger partial charge in [0.1, 0.15) is 17.9 Å². The normalized spacial score (nSPS) is 10.9. The maximum atomic E-state index is 5.76. The van der Waals surface area contributed by atoms with Crippen LogP contribution in [0.4, 0.5) is 11.5 Å². The van der Waals surface area contributed by atoms with Crippen LogP contribution in [0.25, 0.3) is 10.9 Å². The van der Waals surface area contributed by atoms with Gasteiger partial charge in [0.15, 0.2) is 0 Å². The minimum absolute atomic E-state index is 0.609. The highest BCUT2D eigenvalue weighted by Crippen LogP contribution is 2.22. The number of nitrogens with one attached hydrogen (secondary N) is 1. The number of hydrogen-bond acceptors (Lipinski definition) is 6. The highest BCUT2D eigenvalue weighted by atomic mass is 16.5. The third-order valence-corrected chi connectivity index (χ3v) is 3.27. The molecule has 0 saturated heterocycles. The smallest absolute Gasteiger partial charge is 0.138 e. The molecule has 0 saturated carbocycles. The number of rotatable bonds is 3. The van der Waals surface area contributed by atoms with Crippen LogP contribution in [0.15, 0.2) is 29.0 Å². The molecule has 20 heavy (non-hydrogen) atoms. The first-order valence-corrected chi connectivity index (χ1v) is 6.31. The molecule has 0 amide bonds. The number of fused-ring (bicyclic) bond motifs is 1. The highest BCUT2D eigenvalue weighted by molar-refractivity contribution is 5.90. The predicted octanol–water partition coefficient (Wildman–Crippen LogP) is 2.43. The van der Waals surface area contributed by atoms with Crippen molar-refractivity contribution in [1.29, 1.82) is 0 Å². The van der Waals surface area contributed by atoms with Crippen LogP contribution in [-0.4, -0.2) is 15.1 Å².